The molecule has 0 aromatic carbocycles. The molecule has 0 rings (SSSR count). The van der Waals surface area contributed by atoms with Crippen LogP contribution in [0.3, 0.4) is 0 Å². The van der Waals surface area contributed by atoms with E-state index in [0.29, 0.717) is 0 Å². The predicted octanol–water partition coefficient (Wildman–Crippen LogP) is -0.761. The Hall–Kier alpha value is 1.01. The Bertz CT molecular complexity index is 41.5. The van der Waals surface area contributed by atoms with Crippen LogP contribution in [0, 0.1) is 0 Å². The van der Waals surface area contributed by atoms with E-state index in [9.17, 15) is 0 Å². The van der Waals surface area contributed by atoms with Gasteiger partial charge in [0.2, 0.25) is 0 Å². The third-order valence-electron chi connectivity index (χ3n) is 0. The summed E-state index contributed by atoms with van der Waals surface area (Å²) in [6, 6.07) is 0. The topological polar surface area (TPSA) is 89.0 Å². The van der Waals surface area contributed by atoms with Gasteiger partial charge in [0.05, 0.1) is 0 Å². The molecule has 44 valence electrons. The fourth-order valence-electron chi connectivity index (χ4n) is 0. The maximum absolute atomic E-state index is 8.56. The van der Waals surface area contributed by atoms with Crippen LogP contribution >= 0.6 is 0 Å². The Labute approximate surface area is 83.7 Å². The van der Waals surface area contributed by atoms with Crippen molar-refractivity contribution >= 4 is 43.9 Å². The molecule has 0 aromatic rings. The van der Waals surface area contributed by atoms with Crippen molar-refractivity contribution in [3.8, 4) is 0 Å². The van der Waals surface area contributed by atoms with Gasteiger partial charge in [-0.3, -0.25) is 0 Å². The van der Waals surface area contributed by atoms with Gasteiger partial charge in [-0.25, -0.2) is 4.79 Å². The van der Waals surface area contributed by atoms with Crippen LogP contribution in [-0.2, 0) is 17.1 Å². The second-order valence-electron chi connectivity index (χ2n) is 0.283. The summed E-state index contributed by atoms with van der Waals surface area (Å²) in [5, 5.41) is 13.9. The zero-order valence-corrected chi connectivity index (χ0v) is 6.68. The van der Waals surface area contributed by atoms with Gasteiger partial charge in [0.25, 0.3) is 0 Å². The summed E-state index contributed by atoms with van der Waals surface area (Å²) in [5.74, 6) is 0. The van der Waals surface area contributed by atoms with Crippen molar-refractivity contribution < 1.29 is 40.4 Å². The van der Waals surface area contributed by atoms with Crippen LogP contribution in [0.1, 0.15) is 2.85 Å². The number of carbonyl (C=O) groups is 1. The first-order valence-electron chi connectivity index (χ1n) is 0.651. The normalized spacial score (nSPS) is 3.43. The molecule has 0 aliphatic heterocycles. The van der Waals surface area contributed by atoms with Crippen LogP contribution in [-0.4, -0.2) is 59.6 Å². The van der Waals surface area contributed by atoms with E-state index in [2.05, 4.69) is 0 Å². The van der Waals surface area contributed by atoms with E-state index in [-0.39, 0.29) is 63.1 Å². The van der Waals surface area contributed by atoms with Gasteiger partial charge in [-0.05, 0) is 0 Å². The maximum atomic E-state index is 8.56. The average molecular weight is 178 g/mol. The molecule has 0 saturated heterocycles. The number of carboxylic acid groups (broad SMARTS) is 2. The second kappa shape index (κ2) is 15.7. The summed E-state index contributed by atoms with van der Waals surface area (Å²) < 4.78 is 0. The van der Waals surface area contributed by atoms with E-state index in [1.165, 1.54) is 0 Å². The maximum Gasteiger partial charge on any atom is 2.00 e. The van der Waals surface area contributed by atoms with Crippen LogP contribution in [0.5, 0.6) is 0 Å². The molecule has 0 unspecified atom stereocenters. The molecule has 0 radical (unpaired) electrons. The van der Waals surface area contributed by atoms with Crippen molar-refractivity contribution in [3.05, 3.63) is 0 Å². The van der Waals surface area contributed by atoms with E-state index in [0.717, 1.165) is 0 Å². The summed E-state index contributed by atoms with van der Waals surface area (Å²) in [6.45, 7) is 0. The van der Waals surface area contributed by atoms with E-state index < -0.39 is 6.16 Å². The van der Waals surface area contributed by atoms with Crippen molar-refractivity contribution in [2.24, 2.45) is 0 Å². The molecule has 0 heterocycles. The Morgan fingerprint density at radius 2 is 1.43 bits per heavy atom. The third kappa shape index (κ3) is 173. The Balaban J connectivity index is -0.00000000450. The number of rotatable bonds is 0. The minimum atomic E-state index is -1.83. The molecule has 0 saturated carbocycles. The fraction of sp³-hybridized carbons (Fsp3) is 0. The van der Waals surface area contributed by atoms with E-state index in [4.69, 9.17) is 15.0 Å². The van der Waals surface area contributed by atoms with Gasteiger partial charge in [-0.15, -0.1) is 0 Å². The Kier molecular flexibility index (Phi) is 55.1. The van der Waals surface area contributed by atoms with Crippen LogP contribution in [0.15, 0.2) is 0 Å². The molecule has 0 aliphatic carbocycles. The minimum Gasteiger partial charge on any atom is -1.00 e. The molecular formula is CH6CaFeO4. The molecule has 7 heavy (non-hydrogen) atoms. The molecule has 0 aliphatic rings. The smallest absolute Gasteiger partial charge is 1.00 e. The molecule has 0 amide bonds. The fourth-order valence-corrected chi connectivity index (χ4v) is 0. The Morgan fingerprint density at radius 1 is 1.43 bits per heavy atom. The van der Waals surface area contributed by atoms with Crippen LogP contribution in [0.4, 0.5) is 4.79 Å². The SMILES string of the molecule is O.O=C(O)O.[Ca+2].[Fe].[H-].[H-]. The molecule has 4 N–H and O–H groups in total. The van der Waals surface area contributed by atoms with Crippen LogP contribution in [0.2, 0.25) is 0 Å². The van der Waals surface area contributed by atoms with Crippen LogP contribution in [0.25, 0.3) is 0 Å². The van der Waals surface area contributed by atoms with E-state index >= 15 is 0 Å². The molecule has 4 nitrogen and oxygen atoms in total. The molecule has 0 bridgehead atoms. The van der Waals surface area contributed by atoms with Crippen molar-refractivity contribution in [1.29, 1.82) is 0 Å². The largest absolute Gasteiger partial charge is 2.00 e. The average Bonchev–Trinajstić information content (AvgIpc) is 0.811. The summed E-state index contributed by atoms with van der Waals surface area (Å²) in [4.78, 5) is 8.56. The quantitative estimate of drug-likeness (QED) is 0.477. The number of hydrogen-bond acceptors (Lipinski definition) is 1. The van der Waals surface area contributed by atoms with Gasteiger partial charge in [-0.2, -0.15) is 0 Å². The van der Waals surface area contributed by atoms with Crippen molar-refractivity contribution in [3.63, 3.8) is 0 Å². The first-order chi connectivity index (χ1) is 1.73. The van der Waals surface area contributed by atoms with Gasteiger partial charge in [0.15, 0.2) is 0 Å². The summed E-state index contributed by atoms with van der Waals surface area (Å²) in [7, 11) is 0. The van der Waals surface area contributed by atoms with E-state index in [1.807, 2.05) is 0 Å². The number of hydrogen-bond donors (Lipinski definition) is 2. The van der Waals surface area contributed by atoms with Gasteiger partial charge in [0.1, 0.15) is 0 Å². The summed E-state index contributed by atoms with van der Waals surface area (Å²) in [6.07, 6.45) is -1.83. The Morgan fingerprint density at radius 3 is 1.43 bits per heavy atom. The van der Waals surface area contributed by atoms with Crippen LogP contribution < -0.4 is 0 Å². The first kappa shape index (κ1) is 24.5. The summed E-state index contributed by atoms with van der Waals surface area (Å²) in [5.41, 5.74) is 0. The second-order valence-corrected chi connectivity index (χ2v) is 0.283. The minimum absolute atomic E-state index is 0. The van der Waals surface area contributed by atoms with Gasteiger partial charge < -0.3 is 18.5 Å². The van der Waals surface area contributed by atoms with Gasteiger partial charge >= 0.3 is 43.9 Å². The first-order valence-corrected chi connectivity index (χ1v) is 0.651. The zero-order valence-electron chi connectivity index (χ0n) is 5.36. The molecular weight excluding hydrogens is 172 g/mol. The molecule has 0 atom stereocenters. The zero-order chi connectivity index (χ0) is 3.58. The van der Waals surface area contributed by atoms with Crippen molar-refractivity contribution in [1.82, 2.24) is 0 Å². The van der Waals surface area contributed by atoms with Crippen molar-refractivity contribution in [2.75, 3.05) is 0 Å². The molecule has 6 heteroatoms. The van der Waals surface area contributed by atoms with Crippen molar-refractivity contribution in [2.45, 2.75) is 0 Å². The summed E-state index contributed by atoms with van der Waals surface area (Å²) >= 11 is 0. The molecule has 0 aromatic heterocycles. The van der Waals surface area contributed by atoms with E-state index in [1.54, 1.807) is 0 Å². The standard InChI is InChI=1S/CH2O3.Ca.Fe.H2O.2H/c2-1(3)4;;;;;/h(H2,2,3,4);;;1H2;;/q;+2;;;2*-1. The van der Waals surface area contributed by atoms with Gasteiger partial charge in [-0.1, -0.05) is 0 Å². The monoisotopic (exact) mass is 178 g/mol. The molecule has 0 fully saturated rings. The third-order valence-corrected chi connectivity index (χ3v) is 0. The molecule has 0 spiro atoms. The predicted molar refractivity (Wildman–Crippen MR) is 22.2 cm³/mol. The van der Waals surface area contributed by atoms with Gasteiger partial charge in [0, 0.05) is 17.1 Å².